The monoisotopic (exact) mass is 401 g/mol. The number of anilines is 1. The average Bonchev–Trinajstić information content (AvgIpc) is 2.70. The third-order valence-corrected chi connectivity index (χ3v) is 4.91. The molecule has 1 N–H and O–H groups in total. The molecule has 28 heavy (non-hydrogen) atoms. The lowest BCUT2D eigenvalue weighted by Gasteiger charge is -2.31. The molecule has 1 aromatic carbocycles. The van der Waals surface area contributed by atoms with E-state index in [1.807, 2.05) is 23.1 Å². The number of amides is 2. The highest BCUT2D eigenvalue weighted by atomic mass is 35.5. The number of nitrogens with zero attached hydrogens (tertiary/aromatic N) is 2. The first kappa shape index (κ1) is 20.1. The lowest BCUT2D eigenvalue weighted by atomic mass is 9.93. The number of aromatic nitrogens is 1. The van der Waals surface area contributed by atoms with E-state index in [1.165, 1.54) is 6.92 Å². The smallest absolute Gasteiger partial charge is 0.223 e. The van der Waals surface area contributed by atoms with Gasteiger partial charge in [-0.05, 0) is 43.2 Å². The van der Waals surface area contributed by atoms with Crippen LogP contribution in [-0.2, 0) is 9.59 Å². The number of carbonyl (C=O) groups excluding carboxylic acids is 2. The van der Waals surface area contributed by atoms with Gasteiger partial charge in [-0.1, -0.05) is 6.07 Å². The highest BCUT2D eigenvalue weighted by molar-refractivity contribution is 6.18. The number of benzene rings is 1. The number of likely N-dealkylation sites (tertiary alicyclic amines) is 1. The maximum Gasteiger partial charge on any atom is 0.223 e. The molecule has 0 bridgehead atoms. The quantitative estimate of drug-likeness (QED) is 0.737. The molecule has 1 aliphatic rings. The van der Waals surface area contributed by atoms with Gasteiger partial charge in [-0.25, -0.2) is 4.98 Å². The standard InChI is InChI=1S/C21H24ClN3O3/c1-15(26)23-17-5-7-18(8-6-17)28-20-4-2-3-19(24-20)16-10-13-25(14-11-16)21(27)9-12-22/h2-8,16H,9-14H2,1H3,(H,23,26). The zero-order valence-corrected chi connectivity index (χ0v) is 16.6. The summed E-state index contributed by atoms with van der Waals surface area (Å²) in [7, 11) is 0. The fraction of sp³-hybridized carbons (Fsp3) is 0.381. The van der Waals surface area contributed by atoms with Crippen LogP contribution in [0.5, 0.6) is 11.6 Å². The van der Waals surface area contributed by atoms with Gasteiger partial charge in [0, 0.05) is 55.7 Å². The molecular formula is C21H24ClN3O3. The highest BCUT2D eigenvalue weighted by Gasteiger charge is 2.24. The van der Waals surface area contributed by atoms with Gasteiger partial charge in [-0.3, -0.25) is 9.59 Å². The minimum atomic E-state index is -0.113. The summed E-state index contributed by atoms with van der Waals surface area (Å²) in [6.45, 7) is 2.94. The Bertz CT molecular complexity index is 818. The Morgan fingerprint density at radius 3 is 2.54 bits per heavy atom. The number of hydrogen-bond donors (Lipinski definition) is 1. The van der Waals surface area contributed by atoms with E-state index in [0.29, 0.717) is 29.8 Å². The second kappa shape index (κ2) is 9.55. The normalized spacial score (nSPS) is 14.6. The molecule has 0 atom stereocenters. The van der Waals surface area contributed by atoms with E-state index < -0.39 is 0 Å². The Labute approximate surface area is 169 Å². The number of nitrogens with one attached hydrogen (secondary N) is 1. The van der Waals surface area contributed by atoms with Crippen LogP contribution < -0.4 is 10.1 Å². The largest absolute Gasteiger partial charge is 0.439 e. The van der Waals surface area contributed by atoms with Crippen LogP contribution >= 0.6 is 11.6 Å². The van der Waals surface area contributed by atoms with Crippen molar-refractivity contribution >= 4 is 29.1 Å². The summed E-state index contributed by atoms with van der Waals surface area (Å²) >= 11 is 5.66. The summed E-state index contributed by atoms with van der Waals surface area (Å²) in [5, 5.41) is 2.72. The number of ether oxygens (including phenoxy) is 1. The third kappa shape index (κ3) is 5.45. The van der Waals surface area contributed by atoms with E-state index in [1.54, 1.807) is 24.3 Å². The van der Waals surface area contributed by atoms with Crippen LogP contribution in [0.4, 0.5) is 5.69 Å². The van der Waals surface area contributed by atoms with Crippen LogP contribution in [0.3, 0.4) is 0 Å². The van der Waals surface area contributed by atoms with Crippen molar-refractivity contribution in [2.75, 3.05) is 24.3 Å². The molecule has 3 rings (SSSR count). The maximum atomic E-state index is 12.0. The molecule has 0 radical (unpaired) electrons. The number of hydrogen-bond acceptors (Lipinski definition) is 4. The van der Waals surface area contributed by atoms with Crippen LogP contribution in [0.25, 0.3) is 0 Å². The Morgan fingerprint density at radius 1 is 1.18 bits per heavy atom. The zero-order chi connectivity index (χ0) is 19.9. The molecule has 1 saturated heterocycles. The summed E-state index contributed by atoms with van der Waals surface area (Å²) in [6.07, 6.45) is 2.17. The van der Waals surface area contributed by atoms with Crippen LogP contribution in [0.15, 0.2) is 42.5 Å². The molecule has 0 unspecified atom stereocenters. The first-order valence-corrected chi connectivity index (χ1v) is 9.95. The van der Waals surface area contributed by atoms with E-state index in [-0.39, 0.29) is 11.8 Å². The van der Waals surface area contributed by atoms with E-state index in [4.69, 9.17) is 16.3 Å². The Hall–Kier alpha value is -2.60. The molecule has 1 fully saturated rings. The fourth-order valence-electron chi connectivity index (χ4n) is 3.31. The lowest BCUT2D eigenvalue weighted by molar-refractivity contribution is -0.131. The van der Waals surface area contributed by atoms with E-state index >= 15 is 0 Å². The second-order valence-electron chi connectivity index (χ2n) is 6.80. The van der Waals surface area contributed by atoms with Crippen molar-refractivity contribution < 1.29 is 14.3 Å². The molecular weight excluding hydrogens is 378 g/mol. The Morgan fingerprint density at radius 2 is 1.89 bits per heavy atom. The van der Waals surface area contributed by atoms with Gasteiger partial charge in [0.15, 0.2) is 0 Å². The predicted octanol–water partition coefficient (Wildman–Crippen LogP) is 4.17. The van der Waals surface area contributed by atoms with Gasteiger partial charge in [0.05, 0.1) is 0 Å². The minimum Gasteiger partial charge on any atom is -0.439 e. The molecule has 2 heterocycles. The third-order valence-electron chi connectivity index (χ3n) is 4.72. The Kier molecular flexibility index (Phi) is 6.87. The molecule has 148 valence electrons. The van der Waals surface area contributed by atoms with Crippen LogP contribution in [-0.4, -0.2) is 40.7 Å². The molecule has 7 heteroatoms. The van der Waals surface area contributed by atoms with E-state index in [9.17, 15) is 9.59 Å². The number of carbonyl (C=O) groups is 2. The summed E-state index contributed by atoms with van der Waals surface area (Å²) in [5.74, 6) is 1.88. The number of piperidine rings is 1. The van der Waals surface area contributed by atoms with Gasteiger partial charge in [0.2, 0.25) is 17.7 Å². The van der Waals surface area contributed by atoms with Gasteiger partial charge in [0.25, 0.3) is 0 Å². The van der Waals surface area contributed by atoms with Gasteiger partial charge >= 0.3 is 0 Å². The molecule has 2 aromatic rings. The molecule has 0 aliphatic carbocycles. The summed E-state index contributed by atoms with van der Waals surface area (Å²) in [6, 6.07) is 12.9. The second-order valence-corrected chi connectivity index (χ2v) is 7.18. The van der Waals surface area contributed by atoms with Crippen LogP contribution in [0.2, 0.25) is 0 Å². The molecule has 0 saturated carbocycles. The van der Waals surface area contributed by atoms with Crippen molar-refractivity contribution in [1.82, 2.24) is 9.88 Å². The number of pyridine rings is 1. The molecule has 6 nitrogen and oxygen atoms in total. The predicted molar refractivity (Wildman–Crippen MR) is 109 cm³/mol. The van der Waals surface area contributed by atoms with Gasteiger partial charge in [-0.15, -0.1) is 11.6 Å². The summed E-state index contributed by atoms with van der Waals surface area (Å²) in [4.78, 5) is 29.6. The molecule has 1 aromatic heterocycles. The Balaban J connectivity index is 1.60. The van der Waals surface area contributed by atoms with Gasteiger partial charge in [-0.2, -0.15) is 0 Å². The van der Waals surface area contributed by atoms with Crippen molar-refractivity contribution in [2.45, 2.75) is 32.1 Å². The molecule has 1 aliphatic heterocycles. The topological polar surface area (TPSA) is 71.5 Å². The van der Waals surface area contributed by atoms with Crippen molar-refractivity contribution in [1.29, 1.82) is 0 Å². The first-order valence-electron chi connectivity index (χ1n) is 9.41. The van der Waals surface area contributed by atoms with Gasteiger partial charge in [0.1, 0.15) is 5.75 Å². The van der Waals surface area contributed by atoms with Crippen molar-refractivity contribution in [3.63, 3.8) is 0 Å². The SMILES string of the molecule is CC(=O)Nc1ccc(Oc2cccc(C3CCN(C(=O)CCCl)CC3)n2)cc1. The molecule has 0 spiro atoms. The van der Waals surface area contributed by atoms with E-state index in [2.05, 4.69) is 10.3 Å². The minimum absolute atomic E-state index is 0.113. The number of rotatable bonds is 6. The number of alkyl halides is 1. The highest BCUT2D eigenvalue weighted by Crippen LogP contribution is 2.29. The van der Waals surface area contributed by atoms with Crippen molar-refractivity contribution in [3.8, 4) is 11.6 Å². The van der Waals surface area contributed by atoms with E-state index in [0.717, 1.165) is 37.3 Å². The van der Waals surface area contributed by atoms with Crippen molar-refractivity contribution in [2.24, 2.45) is 0 Å². The van der Waals surface area contributed by atoms with Crippen LogP contribution in [0.1, 0.15) is 37.8 Å². The van der Waals surface area contributed by atoms with Crippen molar-refractivity contribution in [3.05, 3.63) is 48.2 Å². The zero-order valence-electron chi connectivity index (χ0n) is 15.9. The summed E-state index contributed by atoms with van der Waals surface area (Å²) < 4.78 is 5.86. The van der Waals surface area contributed by atoms with Crippen LogP contribution in [0, 0.1) is 0 Å². The lowest BCUT2D eigenvalue weighted by Crippen LogP contribution is -2.38. The fourth-order valence-corrected chi connectivity index (χ4v) is 3.47. The summed E-state index contributed by atoms with van der Waals surface area (Å²) in [5.41, 5.74) is 1.70. The molecule has 2 amide bonds. The first-order chi connectivity index (χ1) is 13.5. The number of halogens is 1. The average molecular weight is 402 g/mol. The van der Waals surface area contributed by atoms with Gasteiger partial charge < -0.3 is 15.0 Å². The maximum absolute atomic E-state index is 12.0.